The van der Waals surface area contributed by atoms with Gasteiger partial charge in [0.25, 0.3) is 5.91 Å². The van der Waals surface area contributed by atoms with Gasteiger partial charge in [0.1, 0.15) is 6.54 Å². The van der Waals surface area contributed by atoms with E-state index in [-0.39, 0.29) is 5.91 Å². The number of quaternary nitrogens is 1. The average molecular weight is 357 g/mol. The number of nitrogens with one attached hydrogen (secondary N) is 2. The zero-order valence-electron chi connectivity index (χ0n) is 15.0. The van der Waals surface area contributed by atoms with Gasteiger partial charge in [0.2, 0.25) is 0 Å². The lowest BCUT2D eigenvalue weighted by Gasteiger charge is -2.26. The fourth-order valence-electron chi connectivity index (χ4n) is 3.88. The summed E-state index contributed by atoms with van der Waals surface area (Å²) in [4.78, 5) is 20.2. The maximum Gasteiger partial charge on any atom is 0.257 e. The topological polar surface area (TPSA) is 46.4 Å². The number of rotatable bonds is 3. The number of anilines is 1. The van der Waals surface area contributed by atoms with Gasteiger partial charge in [-0.25, -0.2) is 4.98 Å². The quantitative estimate of drug-likeness (QED) is 0.888. The molecular weight excluding hydrogens is 330 g/mol. The van der Waals surface area contributed by atoms with Crippen molar-refractivity contribution < 1.29 is 9.69 Å². The Morgan fingerprint density at radius 2 is 2.00 bits per heavy atom. The molecule has 2 aliphatic rings. The minimum absolute atomic E-state index is 0.0347. The molecule has 1 amide bonds. The summed E-state index contributed by atoms with van der Waals surface area (Å²) < 4.78 is 0. The zero-order chi connectivity index (χ0) is 17.4. The number of aromatic nitrogens is 1. The number of nitrogens with zero attached hydrogens (tertiary/aromatic N) is 1. The van der Waals surface area contributed by atoms with Gasteiger partial charge in [-0.2, -0.15) is 0 Å². The van der Waals surface area contributed by atoms with Crippen LogP contribution in [0.3, 0.4) is 0 Å². The molecule has 0 radical (unpaired) electrons. The fourth-order valence-corrected chi connectivity index (χ4v) is 4.94. The second kappa shape index (κ2) is 6.89. The Kier molecular flexibility index (Phi) is 4.61. The van der Waals surface area contributed by atoms with E-state index in [1.807, 2.05) is 6.07 Å². The van der Waals surface area contributed by atoms with E-state index in [0.29, 0.717) is 6.04 Å². The molecule has 0 saturated heterocycles. The molecule has 2 aromatic rings. The Morgan fingerprint density at radius 3 is 2.80 bits per heavy atom. The van der Waals surface area contributed by atoms with Crippen molar-refractivity contribution in [3.05, 3.63) is 45.5 Å². The molecule has 1 aromatic carbocycles. The number of thiazole rings is 1. The summed E-state index contributed by atoms with van der Waals surface area (Å²) >= 11 is 1.64. The van der Waals surface area contributed by atoms with Crippen LogP contribution in [0.5, 0.6) is 0 Å². The van der Waals surface area contributed by atoms with Crippen LogP contribution >= 0.6 is 11.3 Å². The summed E-state index contributed by atoms with van der Waals surface area (Å²) in [6.07, 6.45) is 5.74. The molecular formula is C20H26N3OS+. The number of hydrogen-bond donors (Lipinski definition) is 2. The molecule has 2 N–H and O–H groups in total. The van der Waals surface area contributed by atoms with Crippen molar-refractivity contribution in [2.24, 2.45) is 0 Å². The predicted molar refractivity (Wildman–Crippen MR) is 102 cm³/mol. The maximum absolute atomic E-state index is 12.6. The molecule has 132 valence electrons. The smallest absolute Gasteiger partial charge is 0.257 e. The first-order chi connectivity index (χ1) is 12.1. The largest absolute Gasteiger partial charge is 0.328 e. The van der Waals surface area contributed by atoms with Crippen LogP contribution in [0.4, 0.5) is 5.13 Å². The molecule has 4 rings (SSSR count). The molecule has 2 heterocycles. The van der Waals surface area contributed by atoms with Gasteiger partial charge in [0.05, 0.1) is 23.2 Å². The highest BCUT2D eigenvalue weighted by Crippen LogP contribution is 2.26. The molecule has 4 nitrogen and oxygen atoms in total. The Bertz CT molecular complexity index is 796. The molecule has 0 bridgehead atoms. The monoisotopic (exact) mass is 356 g/mol. The van der Waals surface area contributed by atoms with Crippen LogP contribution < -0.4 is 10.2 Å². The van der Waals surface area contributed by atoms with Crippen molar-refractivity contribution in [2.45, 2.75) is 58.5 Å². The third kappa shape index (κ3) is 3.48. The lowest BCUT2D eigenvalue weighted by molar-refractivity contribution is -0.936. The number of fused-ring (bicyclic) bond motifs is 2. The number of aryl methyl sites for hydroxylation is 2. The molecule has 0 saturated carbocycles. The highest BCUT2D eigenvalue weighted by Gasteiger charge is 2.26. The Labute approximate surface area is 153 Å². The van der Waals surface area contributed by atoms with Crippen LogP contribution in [0, 0.1) is 0 Å². The van der Waals surface area contributed by atoms with Crippen molar-refractivity contribution in [1.82, 2.24) is 4.98 Å². The van der Waals surface area contributed by atoms with Crippen LogP contribution in [-0.2, 0) is 25.8 Å². The maximum atomic E-state index is 12.6. The van der Waals surface area contributed by atoms with E-state index >= 15 is 0 Å². The number of benzene rings is 1. The Balaban J connectivity index is 1.48. The van der Waals surface area contributed by atoms with E-state index in [0.717, 1.165) is 43.0 Å². The fraction of sp³-hybridized carbons (Fsp3) is 0.500. The first-order valence-corrected chi connectivity index (χ1v) is 10.2. The molecule has 1 atom stereocenters. The number of amides is 1. The van der Waals surface area contributed by atoms with Crippen molar-refractivity contribution in [3.8, 4) is 0 Å². The van der Waals surface area contributed by atoms with E-state index in [2.05, 4.69) is 36.3 Å². The molecule has 1 unspecified atom stereocenters. The van der Waals surface area contributed by atoms with Crippen molar-refractivity contribution in [1.29, 1.82) is 0 Å². The molecule has 1 aliphatic heterocycles. The van der Waals surface area contributed by atoms with Crippen molar-refractivity contribution >= 4 is 22.4 Å². The zero-order valence-corrected chi connectivity index (χ0v) is 15.8. The molecule has 25 heavy (non-hydrogen) atoms. The van der Waals surface area contributed by atoms with Gasteiger partial charge in [-0.05, 0) is 62.8 Å². The molecule has 0 spiro atoms. The van der Waals surface area contributed by atoms with Gasteiger partial charge in [-0.1, -0.05) is 17.4 Å². The second-order valence-corrected chi connectivity index (χ2v) is 8.61. The van der Waals surface area contributed by atoms with Crippen LogP contribution in [0.25, 0.3) is 0 Å². The van der Waals surface area contributed by atoms with Gasteiger partial charge in [-0.15, -0.1) is 0 Å². The van der Waals surface area contributed by atoms with Gasteiger partial charge in [-0.3, -0.25) is 10.1 Å². The third-order valence-corrected chi connectivity index (χ3v) is 6.51. The lowest BCUT2D eigenvalue weighted by Crippen LogP contribution is -3.14. The lowest BCUT2D eigenvalue weighted by atomic mass is 9.90. The van der Waals surface area contributed by atoms with Gasteiger partial charge in [0, 0.05) is 12.0 Å². The minimum Gasteiger partial charge on any atom is -0.328 e. The average Bonchev–Trinajstić information content (AvgIpc) is 3.02. The number of carbonyl (C=O) groups excluding carboxylic acids is 1. The number of carbonyl (C=O) groups is 1. The number of hydrogen-bond acceptors (Lipinski definition) is 3. The Hall–Kier alpha value is -1.72. The third-order valence-electron chi connectivity index (χ3n) is 5.50. The van der Waals surface area contributed by atoms with E-state index in [1.165, 1.54) is 34.5 Å². The van der Waals surface area contributed by atoms with Crippen LogP contribution in [0.15, 0.2) is 18.2 Å². The molecule has 5 heteroatoms. The normalized spacial score (nSPS) is 19.4. The summed E-state index contributed by atoms with van der Waals surface area (Å²) in [7, 11) is 0. The molecule has 0 fully saturated rings. The van der Waals surface area contributed by atoms with E-state index in [9.17, 15) is 4.79 Å². The van der Waals surface area contributed by atoms with Crippen molar-refractivity contribution in [3.63, 3.8) is 0 Å². The van der Waals surface area contributed by atoms with E-state index in [4.69, 9.17) is 0 Å². The van der Waals surface area contributed by atoms with E-state index < -0.39 is 0 Å². The highest BCUT2D eigenvalue weighted by molar-refractivity contribution is 7.15. The second-order valence-electron chi connectivity index (χ2n) is 7.52. The standard InChI is InChI=1S/C20H25N3OS/c1-13(2)23-10-9-17-18(12-23)25-20(21-17)22-19(24)16-8-7-14-5-3-4-6-15(14)11-16/h7-8,11,13H,3-6,9-10,12H2,1-2H3,(H,21,22,24)/p+1. The SMILES string of the molecule is CC(C)[NH+]1CCc2nc(NC(=O)c3ccc4c(c3)CCCC4)sc2C1. The van der Waals surface area contributed by atoms with Gasteiger partial charge >= 0.3 is 0 Å². The minimum atomic E-state index is -0.0347. The first-order valence-electron chi connectivity index (χ1n) is 9.36. The first kappa shape index (κ1) is 16.7. The van der Waals surface area contributed by atoms with Crippen molar-refractivity contribution in [2.75, 3.05) is 11.9 Å². The van der Waals surface area contributed by atoms with Gasteiger partial charge in [0.15, 0.2) is 5.13 Å². The van der Waals surface area contributed by atoms with Crippen LogP contribution in [-0.4, -0.2) is 23.5 Å². The van der Waals surface area contributed by atoms with E-state index in [1.54, 1.807) is 16.2 Å². The summed E-state index contributed by atoms with van der Waals surface area (Å²) in [6, 6.07) is 6.78. The van der Waals surface area contributed by atoms with Crippen LogP contribution in [0.1, 0.15) is 58.7 Å². The van der Waals surface area contributed by atoms with Gasteiger partial charge < -0.3 is 4.90 Å². The summed E-state index contributed by atoms with van der Waals surface area (Å²) in [5.74, 6) is -0.0347. The van der Waals surface area contributed by atoms with Crippen LogP contribution in [0.2, 0.25) is 0 Å². The molecule has 1 aromatic heterocycles. The predicted octanol–water partition coefficient (Wildman–Crippen LogP) is 2.62. The molecule has 1 aliphatic carbocycles. The highest BCUT2D eigenvalue weighted by atomic mass is 32.1. The summed E-state index contributed by atoms with van der Waals surface area (Å²) in [5, 5.41) is 3.77. The summed E-state index contributed by atoms with van der Waals surface area (Å²) in [5.41, 5.74) is 4.68. The summed E-state index contributed by atoms with van der Waals surface area (Å²) in [6.45, 7) is 6.69. The Morgan fingerprint density at radius 1 is 1.20 bits per heavy atom.